The van der Waals surface area contributed by atoms with E-state index in [0.29, 0.717) is 35.8 Å². The molecule has 3 rings (SSSR count). The van der Waals surface area contributed by atoms with Crippen LogP contribution in [0.4, 0.5) is 0 Å². The third-order valence-corrected chi connectivity index (χ3v) is 3.23. The fraction of sp³-hybridized carbons (Fsp3) is 0.429. The molecule has 106 valence electrons. The zero-order chi connectivity index (χ0) is 13.9. The molecule has 0 radical (unpaired) electrons. The molecule has 0 amide bonds. The van der Waals surface area contributed by atoms with E-state index in [9.17, 15) is 0 Å². The van der Waals surface area contributed by atoms with Gasteiger partial charge in [-0.1, -0.05) is 11.2 Å². The van der Waals surface area contributed by atoms with Crippen molar-refractivity contribution >= 4 is 0 Å². The van der Waals surface area contributed by atoms with Gasteiger partial charge in [0.05, 0.1) is 26.3 Å². The fourth-order valence-corrected chi connectivity index (χ4v) is 2.01. The third kappa shape index (κ3) is 2.60. The number of methoxy groups -OCH3 is 2. The van der Waals surface area contributed by atoms with Gasteiger partial charge in [-0.3, -0.25) is 0 Å². The summed E-state index contributed by atoms with van der Waals surface area (Å²) < 4.78 is 15.9. The van der Waals surface area contributed by atoms with E-state index in [-0.39, 0.29) is 0 Å². The molecule has 6 heteroatoms. The van der Waals surface area contributed by atoms with E-state index in [2.05, 4.69) is 15.5 Å². The largest absolute Gasteiger partial charge is 0.493 e. The molecule has 6 nitrogen and oxygen atoms in total. The number of nitrogens with zero attached hydrogens (tertiary/aromatic N) is 2. The second-order valence-electron chi connectivity index (χ2n) is 4.71. The van der Waals surface area contributed by atoms with Crippen molar-refractivity contribution in [2.45, 2.75) is 25.4 Å². The van der Waals surface area contributed by atoms with Crippen LogP contribution in [0.15, 0.2) is 22.7 Å². The molecular formula is C14H17N3O3. The molecule has 1 aromatic carbocycles. The van der Waals surface area contributed by atoms with Crippen molar-refractivity contribution in [2.24, 2.45) is 0 Å². The Morgan fingerprint density at radius 3 is 2.85 bits per heavy atom. The van der Waals surface area contributed by atoms with Gasteiger partial charge in [0, 0.05) is 6.04 Å². The lowest BCUT2D eigenvalue weighted by Gasteiger charge is -2.09. The minimum atomic E-state index is 0.438. The van der Waals surface area contributed by atoms with Gasteiger partial charge in [-0.15, -0.1) is 0 Å². The van der Waals surface area contributed by atoms with Crippen LogP contribution in [-0.4, -0.2) is 30.4 Å². The molecule has 20 heavy (non-hydrogen) atoms. The summed E-state index contributed by atoms with van der Waals surface area (Å²) in [5.74, 6) is 2.33. The van der Waals surface area contributed by atoms with Crippen molar-refractivity contribution in [1.82, 2.24) is 15.5 Å². The molecule has 0 saturated heterocycles. The quantitative estimate of drug-likeness (QED) is 0.869. The molecule has 1 aromatic heterocycles. The molecule has 0 bridgehead atoms. The Kier molecular flexibility index (Phi) is 3.56. The van der Waals surface area contributed by atoms with Crippen LogP contribution in [0.2, 0.25) is 0 Å². The van der Waals surface area contributed by atoms with Crippen LogP contribution >= 0.6 is 0 Å². The topological polar surface area (TPSA) is 69.4 Å². The third-order valence-electron chi connectivity index (χ3n) is 3.23. The normalized spacial score (nSPS) is 14.3. The Labute approximate surface area is 117 Å². The zero-order valence-corrected chi connectivity index (χ0v) is 11.5. The van der Waals surface area contributed by atoms with Crippen LogP contribution in [0, 0.1) is 0 Å². The van der Waals surface area contributed by atoms with Crippen molar-refractivity contribution in [3.05, 3.63) is 24.0 Å². The molecule has 0 aliphatic heterocycles. The number of para-hydroxylation sites is 1. The van der Waals surface area contributed by atoms with Crippen LogP contribution in [0.1, 0.15) is 18.7 Å². The first-order chi connectivity index (χ1) is 9.81. The molecular weight excluding hydrogens is 258 g/mol. The van der Waals surface area contributed by atoms with Crippen LogP contribution in [0.3, 0.4) is 0 Å². The summed E-state index contributed by atoms with van der Waals surface area (Å²) in [6.45, 7) is 0.625. The van der Waals surface area contributed by atoms with E-state index >= 15 is 0 Å². The van der Waals surface area contributed by atoms with Gasteiger partial charge in [0.15, 0.2) is 17.3 Å². The molecule has 1 heterocycles. The highest BCUT2D eigenvalue weighted by atomic mass is 16.5. The molecule has 0 atom stereocenters. The van der Waals surface area contributed by atoms with Gasteiger partial charge in [0.1, 0.15) is 0 Å². The van der Waals surface area contributed by atoms with Crippen molar-refractivity contribution < 1.29 is 14.0 Å². The summed E-state index contributed by atoms with van der Waals surface area (Å²) in [6.07, 6.45) is 2.46. The molecule has 1 fully saturated rings. The van der Waals surface area contributed by atoms with Gasteiger partial charge >= 0.3 is 0 Å². The van der Waals surface area contributed by atoms with Gasteiger partial charge < -0.3 is 19.3 Å². The van der Waals surface area contributed by atoms with E-state index in [4.69, 9.17) is 14.0 Å². The lowest BCUT2D eigenvalue weighted by atomic mass is 10.2. The van der Waals surface area contributed by atoms with Crippen LogP contribution in [0.5, 0.6) is 11.5 Å². The molecule has 0 unspecified atom stereocenters. The molecule has 1 N–H and O–H groups in total. The minimum absolute atomic E-state index is 0.438. The summed E-state index contributed by atoms with van der Waals surface area (Å²) >= 11 is 0. The standard InChI is InChI=1S/C14H17N3O3/c1-18-11-5-3-4-10(13(11)19-2)14-16-12(17-20-14)8-15-9-6-7-9/h3-5,9,15H,6-8H2,1-2H3. The summed E-state index contributed by atoms with van der Waals surface area (Å²) in [4.78, 5) is 4.39. The van der Waals surface area contributed by atoms with E-state index in [1.54, 1.807) is 14.2 Å². The maximum atomic E-state index is 5.37. The van der Waals surface area contributed by atoms with E-state index < -0.39 is 0 Å². The van der Waals surface area contributed by atoms with Crippen molar-refractivity contribution in [2.75, 3.05) is 14.2 Å². The van der Waals surface area contributed by atoms with Crippen molar-refractivity contribution in [3.63, 3.8) is 0 Å². The summed E-state index contributed by atoms with van der Waals surface area (Å²) in [7, 11) is 3.19. The minimum Gasteiger partial charge on any atom is -0.493 e. The van der Waals surface area contributed by atoms with Crippen LogP contribution in [-0.2, 0) is 6.54 Å². The molecule has 2 aromatic rings. The molecule has 1 aliphatic carbocycles. The Morgan fingerprint density at radius 2 is 2.15 bits per heavy atom. The Morgan fingerprint density at radius 1 is 1.30 bits per heavy atom. The average Bonchev–Trinajstić information content (AvgIpc) is 3.21. The first-order valence-electron chi connectivity index (χ1n) is 6.59. The second kappa shape index (κ2) is 5.50. The lowest BCUT2D eigenvalue weighted by molar-refractivity contribution is 0.353. The van der Waals surface area contributed by atoms with Gasteiger partial charge in [0.25, 0.3) is 5.89 Å². The molecule has 0 spiro atoms. The number of hydrogen-bond donors (Lipinski definition) is 1. The molecule has 1 aliphatic rings. The van der Waals surface area contributed by atoms with E-state index in [1.165, 1.54) is 12.8 Å². The number of aromatic nitrogens is 2. The van der Waals surface area contributed by atoms with Gasteiger partial charge in [0.2, 0.25) is 0 Å². The number of nitrogens with one attached hydrogen (secondary N) is 1. The predicted octanol–water partition coefficient (Wildman–Crippen LogP) is 2.01. The lowest BCUT2D eigenvalue weighted by Crippen LogP contribution is -2.16. The molecule has 1 saturated carbocycles. The van der Waals surface area contributed by atoms with Gasteiger partial charge in [-0.05, 0) is 25.0 Å². The highest BCUT2D eigenvalue weighted by molar-refractivity contribution is 5.67. The van der Waals surface area contributed by atoms with Gasteiger partial charge in [-0.2, -0.15) is 4.98 Å². The first kappa shape index (κ1) is 12.9. The van der Waals surface area contributed by atoms with E-state index in [0.717, 1.165) is 5.56 Å². The maximum Gasteiger partial charge on any atom is 0.261 e. The summed E-state index contributed by atoms with van der Waals surface area (Å²) in [5.41, 5.74) is 0.733. The number of rotatable bonds is 6. The Balaban J connectivity index is 1.84. The average molecular weight is 275 g/mol. The smallest absolute Gasteiger partial charge is 0.261 e. The highest BCUT2D eigenvalue weighted by Gasteiger charge is 2.22. The Bertz CT molecular complexity index is 593. The number of benzene rings is 1. The second-order valence-corrected chi connectivity index (χ2v) is 4.71. The Hall–Kier alpha value is -2.08. The maximum absolute atomic E-state index is 5.37. The first-order valence-corrected chi connectivity index (χ1v) is 6.59. The summed E-state index contributed by atoms with van der Waals surface area (Å²) in [6, 6.07) is 6.17. The van der Waals surface area contributed by atoms with Crippen molar-refractivity contribution in [1.29, 1.82) is 0 Å². The van der Waals surface area contributed by atoms with Crippen molar-refractivity contribution in [3.8, 4) is 23.0 Å². The highest BCUT2D eigenvalue weighted by Crippen LogP contribution is 2.36. The van der Waals surface area contributed by atoms with Crippen LogP contribution < -0.4 is 14.8 Å². The van der Waals surface area contributed by atoms with Crippen LogP contribution in [0.25, 0.3) is 11.5 Å². The zero-order valence-electron chi connectivity index (χ0n) is 11.5. The SMILES string of the molecule is COc1cccc(-c2nc(CNC3CC3)no2)c1OC. The fourth-order valence-electron chi connectivity index (χ4n) is 2.01. The predicted molar refractivity (Wildman–Crippen MR) is 72.7 cm³/mol. The number of hydrogen-bond acceptors (Lipinski definition) is 6. The number of ether oxygens (including phenoxy) is 2. The van der Waals surface area contributed by atoms with E-state index in [1.807, 2.05) is 18.2 Å². The van der Waals surface area contributed by atoms with Gasteiger partial charge in [-0.25, -0.2) is 0 Å². The summed E-state index contributed by atoms with van der Waals surface area (Å²) in [5, 5.41) is 7.33. The monoisotopic (exact) mass is 275 g/mol.